The highest BCUT2D eigenvalue weighted by molar-refractivity contribution is 7.82. The minimum atomic E-state index is -1.61. The second-order valence-electron chi connectivity index (χ2n) is 4.75. The predicted molar refractivity (Wildman–Crippen MR) is 75.0 cm³/mol. The molecule has 0 bridgehead atoms. The molecule has 8 heteroatoms. The summed E-state index contributed by atoms with van der Waals surface area (Å²) >= 11 is 0. The number of anilines is 1. The molecule has 0 saturated heterocycles. The Kier molecular flexibility index (Phi) is 3.73. The largest absolute Gasteiger partial charge is 0.371 e. The number of H-pyrrole nitrogens is 1. The molecule has 2 N–H and O–H groups in total. The first-order valence-corrected chi connectivity index (χ1v) is 7.56. The molecule has 2 aromatic rings. The molecular formula is C13H14F2N4OS. The van der Waals surface area contributed by atoms with E-state index in [0.29, 0.717) is 25.3 Å². The fourth-order valence-corrected chi connectivity index (χ4v) is 3.63. The van der Waals surface area contributed by atoms with E-state index in [1.807, 2.05) is 0 Å². The van der Waals surface area contributed by atoms with Crippen molar-refractivity contribution in [3.8, 4) is 0 Å². The number of benzene rings is 1. The quantitative estimate of drug-likeness (QED) is 0.909. The van der Waals surface area contributed by atoms with Gasteiger partial charge in [-0.3, -0.25) is 5.10 Å². The summed E-state index contributed by atoms with van der Waals surface area (Å²) in [6, 6.07) is 2.97. The van der Waals surface area contributed by atoms with Crippen LogP contribution in [-0.2, 0) is 24.0 Å². The fraction of sp³-hybridized carbons (Fsp3) is 0.308. The Morgan fingerprint density at radius 2 is 2.05 bits per heavy atom. The Morgan fingerprint density at radius 1 is 1.33 bits per heavy atom. The molecule has 1 aromatic heterocycles. The van der Waals surface area contributed by atoms with Gasteiger partial charge in [0, 0.05) is 43.9 Å². The van der Waals surface area contributed by atoms with Gasteiger partial charge in [0.1, 0.15) is 22.6 Å². The number of aromatic nitrogens is 2. The maximum absolute atomic E-state index is 13.2. The van der Waals surface area contributed by atoms with Crippen molar-refractivity contribution in [3.63, 3.8) is 0 Å². The van der Waals surface area contributed by atoms with Gasteiger partial charge in [0.15, 0.2) is 5.82 Å². The van der Waals surface area contributed by atoms with E-state index in [1.54, 1.807) is 11.4 Å². The van der Waals surface area contributed by atoms with Gasteiger partial charge < -0.3 is 5.32 Å². The lowest BCUT2D eigenvalue weighted by Crippen LogP contribution is -2.32. The summed E-state index contributed by atoms with van der Waals surface area (Å²) in [6.45, 7) is 0.940. The van der Waals surface area contributed by atoms with Crippen LogP contribution in [0.5, 0.6) is 0 Å². The van der Waals surface area contributed by atoms with Crippen molar-refractivity contribution in [2.75, 3.05) is 18.9 Å². The van der Waals surface area contributed by atoms with Crippen molar-refractivity contribution in [1.82, 2.24) is 14.5 Å². The predicted octanol–water partition coefficient (Wildman–Crippen LogP) is 1.81. The second-order valence-corrected chi connectivity index (χ2v) is 6.23. The van der Waals surface area contributed by atoms with Crippen LogP contribution >= 0.6 is 0 Å². The lowest BCUT2D eigenvalue weighted by molar-refractivity contribution is 0.419. The van der Waals surface area contributed by atoms with Crippen molar-refractivity contribution in [1.29, 1.82) is 0 Å². The van der Waals surface area contributed by atoms with Crippen LogP contribution in [0.1, 0.15) is 11.3 Å². The first kappa shape index (κ1) is 14.2. The van der Waals surface area contributed by atoms with E-state index < -0.39 is 22.6 Å². The molecule has 0 radical (unpaired) electrons. The Bertz CT molecular complexity index is 670. The maximum Gasteiger partial charge on any atom is 0.152 e. The summed E-state index contributed by atoms with van der Waals surface area (Å²) < 4.78 is 40.7. The molecule has 0 aliphatic carbocycles. The van der Waals surface area contributed by atoms with Crippen LogP contribution in [-0.4, -0.2) is 32.3 Å². The molecule has 112 valence electrons. The molecule has 0 amide bonds. The third-order valence-electron chi connectivity index (χ3n) is 3.41. The van der Waals surface area contributed by atoms with Crippen molar-refractivity contribution in [2.45, 2.75) is 17.9 Å². The second kappa shape index (κ2) is 5.53. The standard InChI is InChI=1S/C13H14F2N4OS/c1-16-13-11-7-19(3-2-12(11)17-18-13)21(20)10-5-8(14)4-9(15)6-10/h4-6H,2-3,7H2,1H3,(H2,16,17,18). The highest BCUT2D eigenvalue weighted by Gasteiger charge is 2.26. The monoisotopic (exact) mass is 312 g/mol. The van der Waals surface area contributed by atoms with E-state index >= 15 is 0 Å². The summed E-state index contributed by atoms with van der Waals surface area (Å²) in [7, 11) is 0.150. The zero-order valence-electron chi connectivity index (χ0n) is 11.3. The molecule has 1 unspecified atom stereocenters. The lowest BCUT2D eigenvalue weighted by atomic mass is 10.1. The fourth-order valence-electron chi connectivity index (χ4n) is 2.40. The van der Waals surface area contributed by atoms with Gasteiger partial charge >= 0.3 is 0 Å². The van der Waals surface area contributed by atoms with Crippen molar-refractivity contribution >= 4 is 16.8 Å². The van der Waals surface area contributed by atoms with Gasteiger partial charge in [0.05, 0.1) is 4.90 Å². The van der Waals surface area contributed by atoms with Gasteiger partial charge in [-0.15, -0.1) is 0 Å². The van der Waals surface area contributed by atoms with Gasteiger partial charge in [0.2, 0.25) is 0 Å². The number of nitrogens with zero attached hydrogens (tertiary/aromatic N) is 2. The Morgan fingerprint density at radius 3 is 2.71 bits per heavy atom. The van der Waals surface area contributed by atoms with Crippen LogP contribution in [0.4, 0.5) is 14.6 Å². The van der Waals surface area contributed by atoms with Crippen molar-refractivity contribution in [2.24, 2.45) is 0 Å². The third-order valence-corrected chi connectivity index (χ3v) is 4.83. The molecule has 21 heavy (non-hydrogen) atoms. The van der Waals surface area contributed by atoms with Crippen LogP contribution in [0.15, 0.2) is 23.1 Å². The number of hydrogen-bond donors (Lipinski definition) is 2. The SMILES string of the molecule is CNc1n[nH]c2c1CN(S(=O)c1cc(F)cc(F)c1)CC2. The van der Waals surface area contributed by atoms with Crippen LogP contribution in [0.25, 0.3) is 0 Å². The number of aromatic amines is 1. The molecule has 5 nitrogen and oxygen atoms in total. The third kappa shape index (κ3) is 2.68. The average molecular weight is 312 g/mol. The molecule has 3 rings (SSSR count). The first-order chi connectivity index (χ1) is 10.1. The van der Waals surface area contributed by atoms with Crippen LogP contribution in [0.3, 0.4) is 0 Å². The summed E-state index contributed by atoms with van der Waals surface area (Å²) in [5.74, 6) is -0.748. The molecule has 1 aromatic carbocycles. The summed E-state index contributed by atoms with van der Waals surface area (Å²) in [6.07, 6.45) is 0.660. The number of rotatable bonds is 3. The van der Waals surface area contributed by atoms with E-state index in [-0.39, 0.29) is 4.90 Å². The van der Waals surface area contributed by atoms with Crippen LogP contribution in [0, 0.1) is 11.6 Å². The number of fused-ring (bicyclic) bond motifs is 1. The van der Waals surface area contributed by atoms with Crippen molar-refractivity contribution in [3.05, 3.63) is 41.1 Å². The summed E-state index contributed by atoms with van der Waals surface area (Å²) in [5.41, 5.74) is 1.94. The topological polar surface area (TPSA) is 61.0 Å². The van der Waals surface area contributed by atoms with Crippen molar-refractivity contribution < 1.29 is 13.0 Å². The minimum absolute atomic E-state index is 0.130. The minimum Gasteiger partial charge on any atom is -0.371 e. The highest BCUT2D eigenvalue weighted by atomic mass is 32.2. The molecule has 0 fully saturated rings. The Balaban J connectivity index is 1.86. The van der Waals surface area contributed by atoms with E-state index in [0.717, 1.165) is 29.5 Å². The van der Waals surface area contributed by atoms with Crippen LogP contribution < -0.4 is 5.32 Å². The van der Waals surface area contributed by atoms with Gasteiger partial charge in [-0.25, -0.2) is 17.3 Å². The van der Waals surface area contributed by atoms with E-state index in [4.69, 9.17) is 0 Å². The van der Waals surface area contributed by atoms with Gasteiger partial charge in [-0.2, -0.15) is 5.10 Å². The Hall–Kier alpha value is -1.80. The number of hydrogen-bond acceptors (Lipinski definition) is 3. The van der Waals surface area contributed by atoms with Gasteiger partial charge in [-0.1, -0.05) is 0 Å². The molecule has 0 saturated carbocycles. The van der Waals surface area contributed by atoms with Crippen LogP contribution in [0.2, 0.25) is 0 Å². The lowest BCUT2D eigenvalue weighted by Gasteiger charge is -2.25. The summed E-state index contributed by atoms with van der Waals surface area (Å²) in [4.78, 5) is 0.130. The average Bonchev–Trinajstić information content (AvgIpc) is 2.87. The van der Waals surface area contributed by atoms with Gasteiger partial charge in [-0.05, 0) is 12.1 Å². The molecule has 1 atom stereocenters. The zero-order valence-corrected chi connectivity index (χ0v) is 12.1. The van der Waals surface area contributed by atoms with E-state index in [2.05, 4.69) is 15.5 Å². The van der Waals surface area contributed by atoms with E-state index in [1.165, 1.54) is 0 Å². The van der Waals surface area contributed by atoms with Gasteiger partial charge in [0.25, 0.3) is 0 Å². The molecule has 2 heterocycles. The summed E-state index contributed by atoms with van der Waals surface area (Å²) in [5, 5.41) is 10.0. The molecular weight excluding hydrogens is 298 g/mol. The Labute approximate surface area is 122 Å². The molecule has 1 aliphatic heterocycles. The smallest absolute Gasteiger partial charge is 0.152 e. The number of nitrogens with one attached hydrogen (secondary N) is 2. The zero-order chi connectivity index (χ0) is 15.0. The number of halogens is 2. The molecule has 1 aliphatic rings. The first-order valence-electron chi connectivity index (χ1n) is 6.45. The molecule has 0 spiro atoms. The maximum atomic E-state index is 13.2. The normalized spacial score (nSPS) is 16.5. The highest BCUT2D eigenvalue weighted by Crippen LogP contribution is 2.26. The van der Waals surface area contributed by atoms with E-state index in [9.17, 15) is 13.0 Å².